The van der Waals surface area contributed by atoms with E-state index in [2.05, 4.69) is 31.0 Å². The lowest BCUT2D eigenvalue weighted by molar-refractivity contribution is 0.297. The molecule has 20 heavy (non-hydrogen) atoms. The van der Waals surface area contributed by atoms with Crippen LogP contribution in [0.25, 0.3) is 0 Å². The lowest BCUT2D eigenvalue weighted by Gasteiger charge is -2.15. The Bertz CT molecular complexity index is 540. The lowest BCUT2D eigenvalue weighted by Crippen LogP contribution is -2.21. The largest absolute Gasteiger partial charge is 0.487 e. The van der Waals surface area contributed by atoms with Gasteiger partial charge in [-0.2, -0.15) is 0 Å². The highest BCUT2D eigenvalue weighted by molar-refractivity contribution is 5.37. The molecule has 0 amide bonds. The Morgan fingerprint density at radius 2 is 2.10 bits per heavy atom. The summed E-state index contributed by atoms with van der Waals surface area (Å²) < 4.78 is 5.91. The summed E-state index contributed by atoms with van der Waals surface area (Å²) >= 11 is 0. The number of benzene rings is 1. The van der Waals surface area contributed by atoms with E-state index in [1.165, 1.54) is 11.1 Å². The predicted octanol–water partition coefficient (Wildman–Crippen LogP) is 3.25. The summed E-state index contributed by atoms with van der Waals surface area (Å²) in [5.74, 6) is 0.908. The van der Waals surface area contributed by atoms with Gasteiger partial charge in [-0.05, 0) is 43.5 Å². The Hall–Kier alpha value is -1.87. The summed E-state index contributed by atoms with van der Waals surface area (Å²) in [7, 11) is 0. The molecule has 0 saturated heterocycles. The van der Waals surface area contributed by atoms with Gasteiger partial charge in [-0.25, -0.2) is 0 Å². The molecule has 1 aromatic carbocycles. The van der Waals surface area contributed by atoms with Crippen LogP contribution in [0.15, 0.2) is 42.6 Å². The van der Waals surface area contributed by atoms with Gasteiger partial charge in [0.1, 0.15) is 12.4 Å². The molecule has 0 aliphatic rings. The Kier molecular flexibility index (Phi) is 5.13. The zero-order valence-electron chi connectivity index (χ0n) is 12.2. The number of aromatic nitrogens is 1. The molecule has 2 rings (SSSR count). The second kappa shape index (κ2) is 7.06. The maximum atomic E-state index is 6.06. The van der Waals surface area contributed by atoms with Gasteiger partial charge in [-0.1, -0.05) is 30.7 Å². The first-order valence-electron chi connectivity index (χ1n) is 7.07. The summed E-state index contributed by atoms with van der Waals surface area (Å²) in [6, 6.07) is 12.3. The van der Waals surface area contributed by atoms with Crippen molar-refractivity contribution in [2.24, 2.45) is 5.73 Å². The van der Waals surface area contributed by atoms with Gasteiger partial charge >= 0.3 is 0 Å². The molecule has 2 N–H and O–H groups in total. The van der Waals surface area contributed by atoms with E-state index in [-0.39, 0.29) is 6.04 Å². The van der Waals surface area contributed by atoms with Crippen molar-refractivity contribution >= 4 is 0 Å². The molecular formula is C17H22N2O. The third kappa shape index (κ3) is 4.07. The van der Waals surface area contributed by atoms with Crippen LogP contribution in [0.3, 0.4) is 0 Å². The maximum absolute atomic E-state index is 6.06. The standard InChI is InChI=1S/C17H22N2O/c1-3-15(18)11-14-10-13(2)7-8-17(14)20-12-16-6-4-5-9-19-16/h4-10,15H,3,11-12,18H2,1-2H3. The fourth-order valence-corrected chi connectivity index (χ4v) is 2.07. The number of ether oxygens (including phenoxy) is 1. The predicted molar refractivity (Wildman–Crippen MR) is 81.7 cm³/mol. The van der Waals surface area contributed by atoms with E-state index in [4.69, 9.17) is 10.5 Å². The topological polar surface area (TPSA) is 48.1 Å². The third-order valence-electron chi connectivity index (χ3n) is 3.32. The fourth-order valence-electron chi connectivity index (χ4n) is 2.07. The van der Waals surface area contributed by atoms with Gasteiger partial charge in [-0.15, -0.1) is 0 Å². The second-order valence-electron chi connectivity index (χ2n) is 5.09. The van der Waals surface area contributed by atoms with Gasteiger partial charge in [0.05, 0.1) is 5.69 Å². The Morgan fingerprint density at radius 3 is 2.80 bits per heavy atom. The van der Waals surface area contributed by atoms with Crippen LogP contribution in [0.5, 0.6) is 5.75 Å². The summed E-state index contributed by atoms with van der Waals surface area (Å²) in [5.41, 5.74) is 9.40. The van der Waals surface area contributed by atoms with Crippen molar-refractivity contribution in [1.82, 2.24) is 4.98 Å². The van der Waals surface area contributed by atoms with Crippen molar-refractivity contribution in [1.29, 1.82) is 0 Å². The summed E-state index contributed by atoms with van der Waals surface area (Å²) in [5, 5.41) is 0. The number of nitrogens with zero attached hydrogens (tertiary/aromatic N) is 1. The molecule has 106 valence electrons. The van der Waals surface area contributed by atoms with Crippen LogP contribution in [-0.2, 0) is 13.0 Å². The average molecular weight is 270 g/mol. The van der Waals surface area contributed by atoms with Crippen molar-refractivity contribution in [3.8, 4) is 5.75 Å². The van der Waals surface area contributed by atoms with E-state index in [0.717, 1.165) is 24.3 Å². The minimum absolute atomic E-state index is 0.175. The number of rotatable bonds is 6. The van der Waals surface area contributed by atoms with Crippen LogP contribution in [0.2, 0.25) is 0 Å². The zero-order chi connectivity index (χ0) is 14.4. The first-order chi connectivity index (χ1) is 9.69. The number of nitrogens with two attached hydrogens (primary N) is 1. The third-order valence-corrected chi connectivity index (χ3v) is 3.32. The van der Waals surface area contributed by atoms with E-state index < -0.39 is 0 Å². The number of hydrogen-bond donors (Lipinski definition) is 1. The van der Waals surface area contributed by atoms with Gasteiger partial charge in [0.2, 0.25) is 0 Å². The molecule has 0 aliphatic heterocycles. The van der Waals surface area contributed by atoms with Crippen LogP contribution >= 0.6 is 0 Å². The molecule has 0 aliphatic carbocycles. The number of aryl methyl sites for hydroxylation is 1. The van der Waals surface area contributed by atoms with Crippen LogP contribution in [0.1, 0.15) is 30.2 Å². The molecule has 0 radical (unpaired) electrons. The van der Waals surface area contributed by atoms with Crippen LogP contribution in [0, 0.1) is 6.92 Å². The minimum Gasteiger partial charge on any atom is -0.487 e. The molecule has 0 saturated carbocycles. The van der Waals surface area contributed by atoms with Crippen molar-refractivity contribution in [2.75, 3.05) is 0 Å². The fraction of sp³-hybridized carbons (Fsp3) is 0.353. The monoisotopic (exact) mass is 270 g/mol. The molecule has 2 aromatic rings. The molecule has 1 heterocycles. The van der Waals surface area contributed by atoms with Gasteiger partial charge in [0.15, 0.2) is 0 Å². The van der Waals surface area contributed by atoms with E-state index in [1.807, 2.05) is 24.3 Å². The summed E-state index contributed by atoms with van der Waals surface area (Å²) in [6.07, 6.45) is 3.59. The van der Waals surface area contributed by atoms with Crippen LogP contribution in [-0.4, -0.2) is 11.0 Å². The highest BCUT2D eigenvalue weighted by Gasteiger charge is 2.09. The van der Waals surface area contributed by atoms with Crippen molar-refractivity contribution in [2.45, 2.75) is 39.3 Å². The SMILES string of the molecule is CCC(N)Cc1cc(C)ccc1OCc1ccccn1. The van der Waals surface area contributed by atoms with Crippen molar-refractivity contribution in [3.05, 3.63) is 59.4 Å². The highest BCUT2D eigenvalue weighted by Crippen LogP contribution is 2.22. The zero-order valence-corrected chi connectivity index (χ0v) is 12.2. The van der Waals surface area contributed by atoms with Gasteiger partial charge < -0.3 is 10.5 Å². The lowest BCUT2D eigenvalue weighted by atomic mass is 10.0. The van der Waals surface area contributed by atoms with E-state index in [1.54, 1.807) is 6.20 Å². The van der Waals surface area contributed by atoms with E-state index in [9.17, 15) is 0 Å². The minimum atomic E-state index is 0.175. The molecule has 1 unspecified atom stereocenters. The maximum Gasteiger partial charge on any atom is 0.130 e. The molecule has 1 aromatic heterocycles. The first-order valence-corrected chi connectivity index (χ1v) is 7.07. The Balaban J connectivity index is 2.10. The summed E-state index contributed by atoms with van der Waals surface area (Å²) in [6.45, 7) is 4.68. The smallest absolute Gasteiger partial charge is 0.130 e. The average Bonchev–Trinajstić information content (AvgIpc) is 2.47. The molecule has 0 fully saturated rings. The first kappa shape index (κ1) is 14.5. The molecular weight excluding hydrogens is 248 g/mol. The number of pyridine rings is 1. The second-order valence-corrected chi connectivity index (χ2v) is 5.09. The van der Waals surface area contributed by atoms with Crippen LogP contribution in [0.4, 0.5) is 0 Å². The normalized spacial score (nSPS) is 12.2. The van der Waals surface area contributed by atoms with Crippen molar-refractivity contribution in [3.63, 3.8) is 0 Å². The molecule has 0 bridgehead atoms. The molecule has 1 atom stereocenters. The summed E-state index contributed by atoms with van der Waals surface area (Å²) in [4.78, 5) is 4.27. The van der Waals surface area contributed by atoms with Gasteiger partial charge in [0, 0.05) is 12.2 Å². The highest BCUT2D eigenvalue weighted by atomic mass is 16.5. The Labute approximate surface area is 120 Å². The van der Waals surface area contributed by atoms with E-state index in [0.29, 0.717) is 6.61 Å². The van der Waals surface area contributed by atoms with Gasteiger partial charge in [0.25, 0.3) is 0 Å². The van der Waals surface area contributed by atoms with Crippen molar-refractivity contribution < 1.29 is 4.74 Å². The van der Waals surface area contributed by atoms with E-state index >= 15 is 0 Å². The van der Waals surface area contributed by atoms with Gasteiger partial charge in [-0.3, -0.25) is 4.98 Å². The quantitative estimate of drug-likeness (QED) is 0.876. The Morgan fingerprint density at radius 1 is 1.25 bits per heavy atom. The molecule has 0 spiro atoms. The molecule has 3 nitrogen and oxygen atoms in total. The molecule has 3 heteroatoms. The van der Waals surface area contributed by atoms with Crippen LogP contribution < -0.4 is 10.5 Å². The number of hydrogen-bond acceptors (Lipinski definition) is 3.